The van der Waals surface area contributed by atoms with Crippen molar-refractivity contribution in [1.29, 1.82) is 0 Å². The molecule has 0 saturated carbocycles. The number of carboxylic acid groups (broad SMARTS) is 1. The number of nitrogens with zero attached hydrogens (tertiary/aromatic N) is 2. The van der Waals surface area contributed by atoms with Crippen LogP contribution in [0.2, 0.25) is 5.02 Å². The lowest BCUT2D eigenvalue weighted by Crippen LogP contribution is -2.08. The van der Waals surface area contributed by atoms with Gasteiger partial charge in [-0.2, -0.15) is 0 Å². The maximum Gasteiger partial charge on any atom is 0.337 e. The number of carboxylic acids is 1. The summed E-state index contributed by atoms with van der Waals surface area (Å²) in [4.78, 5) is 15.7. The van der Waals surface area contributed by atoms with Gasteiger partial charge in [-0.25, -0.2) is 9.78 Å². The molecular formula is C16H13ClN2O2. The molecule has 1 N–H and O–H groups in total. The summed E-state index contributed by atoms with van der Waals surface area (Å²) in [5, 5.41) is 10.0. The molecule has 5 heteroatoms. The molecule has 0 spiro atoms. The van der Waals surface area contributed by atoms with Gasteiger partial charge in [0.1, 0.15) is 0 Å². The molecule has 3 rings (SSSR count). The number of aromatic carboxylic acids is 1. The molecule has 1 unspecified atom stereocenters. The fourth-order valence-corrected chi connectivity index (χ4v) is 2.58. The summed E-state index contributed by atoms with van der Waals surface area (Å²) in [6.45, 7) is 2.00. The van der Waals surface area contributed by atoms with Gasteiger partial charge in [-0.1, -0.05) is 29.8 Å². The summed E-state index contributed by atoms with van der Waals surface area (Å²) in [6.07, 6.45) is 1.68. The number of carbonyl (C=O) groups is 1. The second-order valence-electron chi connectivity index (χ2n) is 4.86. The predicted molar refractivity (Wildman–Crippen MR) is 82.0 cm³/mol. The average Bonchev–Trinajstić information content (AvgIpc) is 2.91. The van der Waals surface area contributed by atoms with Crippen LogP contribution in [0.4, 0.5) is 0 Å². The minimum absolute atomic E-state index is 0.0345. The van der Waals surface area contributed by atoms with Crippen LogP contribution in [0.25, 0.3) is 11.0 Å². The first-order chi connectivity index (χ1) is 10.1. The van der Waals surface area contributed by atoms with Crippen LogP contribution in [0, 0.1) is 0 Å². The second-order valence-corrected chi connectivity index (χ2v) is 5.29. The van der Waals surface area contributed by atoms with Gasteiger partial charge in [-0.15, -0.1) is 0 Å². The van der Waals surface area contributed by atoms with E-state index in [1.54, 1.807) is 18.5 Å². The van der Waals surface area contributed by atoms with E-state index in [1.165, 1.54) is 0 Å². The van der Waals surface area contributed by atoms with E-state index >= 15 is 0 Å². The van der Waals surface area contributed by atoms with Gasteiger partial charge in [-0.05, 0) is 36.8 Å². The van der Waals surface area contributed by atoms with Gasteiger partial charge in [0.2, 0.25) is 0 Å². The van der Waals surface area contributed by atoms with Crippen LogP contribution < -0.4 is 0 Å². The van der Waals surface area contributed by atoms with Crippen molar-refractivity contribution in [3.63, 3.8) is 0 Å². The second kappa shape index (κ2) is 5.22. The summed E-state index contributed by atoms with van der Waals surface area (Å²) in [7, 11) is 0. The Morgan fingerprint density at radius 1 is 1.24 bits per heavy atom. The lowest BCUT2D eigenvalue weighted by Gasteiger charge is -2.16. The Kier molecular flexibility index (Phi) is 3.39. The van der Waals surface area contributed by atoms with E-state index in [4.69, 9.17) is 11.6 Å². The van der Waals surface area contributed by atoms with Crippen molar-refractivity contribution in [2.75, 3.05) is 0 Å². The molecule has 1 aromatic heterocycles. The van der Waals surface area contributed by atoms with E-state index in [-0.39, 0.29) is 11.6 Å². The molecule has 21 heavy (non-hydrogen) atoms. The summed E-state index contributed by atoms with van der Waals surface area (Å²) in [5.74, 6) is -0.953. The van der Waals surface area contributed by atoms with Crippen LogP contribution in [-0.4, -0.2) is 20.6 Å². The van der Waals surface area contributed by atoms with E-state index in [0.29, 0.717) is 16.1 Å². The summed E-state index contributed by atoms with van der Waals surface area (Å²) in [5.41, 5.74) is 2.60. The van der Waals surface area contributed by atoms with Crippen LogP contribution >= 0.6 is 11.6 Å². The minimum atomic E-state index is -0.953. The number of aromatic nitrogens is 2. The molecule has 106 valence electrons. The number of para-hydroxylation sites is 1. The zero-order valence-electron chi connectivity index (χ0n) is 11.3. The molecule has 3 aromatic rings. The summed E-state index contributed by atoms with van der Waals surface area (Å²) in [6, 6.07) is 12.6. The molecule has 0 aliphatic carbocycles. The highest BCUT2D eigenvalue weighted by molar-refractivity contribution is 6.30. The Morgan fingerprint density at radius 3 is 2.62 bits per heavy atom. The highest BCUT2D eigenvalue weighted by Crippen LogP contribution is 2.26. The lowest BCUT2D eigenvalue weighted by atomic mass is 10.1. The maximum atomic E-state index is 11.4. The van der Waals surface area contributed by atoms with E-state index in [1.807, 2.05) is 41.8 Å². The van der Waals surface area contributed by atoms with Crippen molar-refractivity contribution >= 4 is 28.6 Å². The largest absolute Gasteiger partial charge is 0.478 e. The normalized spacial score (nSPS) is 12.5. The third-order valence-electron chi connectivity index (χ3n) is 3.59. The first-order valence-electron chi connectivity index (χ1n) is 6.52. The molecule has 1 heterocycles. The molecule has 1 atom stereocenters. The number of benzene rings is 2. The van der Waals surface area contributed by atoms with Crippen LogP contribution in [0.5, 0.6) is 0 Å². The van der Waals surface area contributed by atoms with Gasteiger partial charge in [0.25, 0.3) is 0 Å². The number of halogens is 1. The number of fused-ring (bicyclic) bond motifs is 1. The van der Waals surface area contributed by atoms with Gasteiger partial charge in [-0.3, -0.25) is 0 Å². The van der Waals surface area contributed by atoms with Gasteiger partial charge < -0.3 is 9.67 Å². The van der Waals surface area contributed by atoms with Crippen molar-refractivity contribution in [2.24, 2.45) is 0 Å². The SMILES string of the molecule is CC(c1ccc(Cl)cc1)n1cnc2cccc(C(=O)O)c21. The minimum Gasteiger partial charge on any atom is -0.478 e. The molecule has 0 saturated heterocycles. The van der Waals surface area contributed by atoms with E-state index in [2.05, 4.69) is 4.98 Å². The molecule has 2 aromatic carbocycles. The summed E-state index contributed by atoms with van der Waals surface area (Å²) >= 11 is 5.91. The van der Waals surface area contributed by atoms with Gasteiger partial charge in [0.05, 0.1) is 29.0 Å². The number of rotatable bonds is 3. The van der Waals surface area contributed by atoms with Gasteiger partial charge in [0, 0.05) is 5.02 Å². The van der Waals surface area contributed by atoms with Crippen LogP contribution in [0.1, 0.15) is 28.9 Å². The van der Waals surface area contributed by atoms with E-state index in [0.717, 1.165) is 5.56 Å². The third kappa shape index (κ3) is 2.38. The summed E-state index contributed by atoms with van der Waals surface area (Å²) < 4.78 is 1.88. The first-order valence-corrected chi connectivity index (χ1v) is 6.90. The van der Waals surface area contributed by atoms with Gasteiger partial charge >= 0.3 is 5.97 Å². The van der Waals surface area contributed by atoms with Crippen molar-refractivity contribution in [1.82, 2.24) is 9.55 Å². The molecule has 0 aliphatic rings. The Bertz CT molecular complexity index is 809. The Labute approximate surface area is 126 Å². The highest BCUT2D eigenvalue weighted by atomic mass is 35.5. The zero-order chi connectivity index (χ0) is 15.0. The third-order valence-corrected chi connectivity index (χ3v) is 3.85. The topological polar surface area (TPSA) is 55.1 Å². The van der Waals surface area contributed by atoms with Crippen molar-refractivity contribution < 1.29 is 9.90 Å². The number of hydrogen-bond donors (Lipinski definition) is 1. The Hall–Kier alpha value is -2.33. The molecule has 0 amide bonds. The van der Waals surface area contributed by atoms with E-state index in [9.17, 15) is 9.90 Å². The monoisotopic (exact) mass is 300 g/mol. The molecular weight excluding hydrogens is 288 g/mol. The average molecular weight is 301 g/mol. The molecule has 0 fully saturated rings. The first kappa shape index (κ1) is 13.6. The Balaban J connectivity index is 2.16. The predicted octanol–water partition coefficient (Wildman–Crippen LogP) is 4.00. The fraction of sp³-hybridized carbons (Fsp3) is 0.125. The number of imidazole rings is 1. The lowest BCUT2D eigenvalue weighted by molar-refractivity contribution is 0.0698. The maximum absolute atomic E-state index is 11.4. The molecule has 4 nitrogen and oxygen atoms in total. The van der Waals surface area contributed by atoms with Crippen LogP contribution in [0.3, 0.4) is 0 Å². The Morgan fingerprint density at radius 2 is 1.95 bits per heavy atom. The van der Waals surface area contributed by atoms with Crippen molar-refractivity contribution in [3.8, 4) is 0 Å². The zero-order valence-corrected chi connectivity index (χ0v) is 12.1. The fourth-order valence-electron chi connectivity index (χ4n) is 2.46. The molecule has 0 bridgehead atoms. The van der Waals surface area contributed by atoms with E-state index < -0.39 is 5.97 Å². The standard InChI is InChI=1S/C16H13ClN2O2/c1-10(11-5-7-12(17)8-6-11)19-9-18-14-4-2-3-13(15(14)19)16(20)21/h2-10H,1H3,(H,20,21). The van der Waals surface area contributed by atoms with Crippen molar-refractivity contribution in [2.45, 2.75) is 13.0 Å². The smallest absolute Gasteiger partial charge is 0.337 e. The number of hydrogen-bond acceptors (Lipinski definition) is 2. The van der Waals surface area contributed by atoms with Gasteiger partial charge in [0.15, 0.2) is 0 Å². The van der Waals surface area contributed by atoms with Crippen LogP contribution in [0.15, 0.2) is 48.8 Å². The molecule has 0 aliphatic heterocycles. The van der Waals surface area contributed by atoms with Crippen LogP contribution in [-0.2, 0) is 0 Å². The molecule has 0 radical (unpaired) electrons. The van der Waals surface area contributed by atoms with Crippen molar-refractivity contribution in [3.05, 3.63) is 64.9 Å². The quantitative estimate of drug-likeness (QED) is 0.795. The highest BCUT2D eigenvalue weighted by Gasteiger charge is 2.17.